The highest BCUT2D eigenvalue weighted by molar-refractivity contribution is 9.10. The van der Waals surface area contributed by atoms with Crippen LogP contribution < -0.4 is 11.1 Å². The lowest BCUT2D eigenvalue weighted by molar-refractivity contribution is -0.119. The standard InChI is InChI=1S/C22H18BrClN2O2/c23-19-11-10-18(24)12-17(19)13-20(21(25)27)26-22(28)16-8-6-15(7-9-16)14-4-2-1-3-5-14/h1-12,20H,13H2,(H2,25,27)(H,26,28)/t20-/m1/s1. The van der Waals surface area contributed by atoms with Crippen molar-refractivity contribution < 1.29 is 9.59 Å². The Balaban J connectivity index is 1.74. The number of amides is 2. The molecule has 28 heavy (non-hydrogen) atoms. The Bertz CT molecular complexity index is 991. The lowest BCUT2D eigenvalue weighted by Gasteiger charge is -2.17. The number of benzene rings is 3. The van der Waals surface area contributed by atoms with E-state index in [0.717, 1.165) is 21.2 Å². The first-order valence-electron chi connectivity index (χ1n) is 8.63. The van der Waals surface area contributed by atoms with Gasteiger partial charge in [0.05, 0.1) is 0 Å². The third-order valence-electron chi connectivity index (χ3n) is 4.33. The summed E-state index contributed by atoms with van der Waals surface area (Å²) < 4.78 is 0.796. The van der Waals surface area contributed by atoms with Gasteiger partial charge in [-0.2, -0.15) is 0 Å². The second kappa shape index (κ2) is 9.04. The fraction of sp³-hybridized carbons (Fsp3) is 0.0909. The number of rotatable bonds is 6. The van der Waals surface area contributed by atoms with Gasteiger partial charge in [0, 0.05) is 21.5 Å². The van der Waals surface area contributed by atoms with E-state index in [0.29, 0.717) is 10.6 Å². The zero-order valence-electron chi connectivity index (χ0n) is 14.9. The van der Waals surface area contributed by atoms with E-state index in [1.165, 1.54) is 0 Å². The van der Waals surface area contributed by atoms with E-state index in [2.05, 4.69) is 21.2 Å². The summed E-state index contributed by atoms with van der Waals surface area (Å²) >= 11 is 9.45. The fourth-order valence-corrected chi connectivity index (χ4v) is 3.43. The molecule has 0 radical (unpaired) electrons. The first kappa shape index (κ1) is 20.1. The van der Waals surface area contributed by atoms with Crippen LogP contribution in [0.25, 0.3) is 11.1 Å². The van der Waals surface area contributed by atoms with Crippen molar-refractivity contribution in [1.82, 2.24) is 5.32 Å². The van der Waals surface area contributed by atoms with Gasteiger partial charge in [0.2, 0.25) is 5.91 Å². The highest BCUT2D eigenvalue weighted by atomic mass is 79.9. The number of halogens is 2. The minimum Gasteiger partial charge on any atom is -0.368 e. The SMILES string of the molecule is NC(=O)[C@@H](Cc1cc(Cl)ccc1Br)NC(=O)c1ccc(-c2ccccc2)cc1. The number of carbonyl (C=O) groups excluding carboxylic acids is 2. The van der Waals surface area contributed by atoms with E-state index in [1.54, 1.807) is 30.3 Å². The summed E-state index contributed by atoms with van der Waals surface area (Å²) in [6, 6.07) is 21.5. The molecule has 2 amide bonds. The summed E-state index contributed by atoms with van der Waals surface area (Å²) in [5.74, 6) is -0.970. The number of hydrogen-bond donors (Lipinski definition) is 2. The smallest absolute Gasteiger partial charge is 0.251 e. The molecule has 0 fully saturated rings. The van der Waals surface area contributed by atoms with E-state index >= 15 is 0 Å². The lowest BCUT2D eigenvalue weighted by atomic mass is 10.0. The van der Waals surface area contributed by atoms with Crippen molar-refractivity contribution >= 4 is 39.3 Å². The van der Waals surface area contributed by atoms with Crippen molar-refractivity contribution in [3.63, 3.8) is 0 Å². The summed E-state index contributed by atoms with van der Waals surface area (Å²) in [5, 5.41) is 3.26. The van der Waals surface area contributed by atoms with Crippen LogP contribution in [0, 0.1) is 0 Å². The second-order valence-electron chi connectivity index (χ2n) is 6.31. The molecule has 1 atom stereocenters. The maximum atomic E-state index is 12.6. The summed E-state index contributed by atoms with van der Waals surface area (Å²) in [6.45, 7) is 0. The molecule has 3 aromatic rings. The number of primary amides is 1. The van der Waals surface area contributed by atoms with Gasteiger partial charge in [0.25, 0.3) is 5.91 Å². The van der Waals surface area contributed by atoms with E-state index in [-0.39, 0.29) is 12.3 Å². The van der Waals surface area contributed by atoms with Crippen LogP contribution in [0.3, 0.4) is 0 Å². The Kier molecular flexibility index (Phi) is 6.49. The van der Waals surface area contributed by atoms with Crippen LogP contribution in [0.4, 0.5) is 0 Å². The van der Waals surface area contributed by atoms with Crippen LogP contribution in [0.1, 0.15) is 15.9 Å². The van der Waals surface area contributed by atoms with Crippen molar-refractivity contribution in [3.8, 4) is 11.1 Å². The molecule has 0 heterocycles. The molecule has 0 saturated heterocycles. The Hall–Kier alpha value is -2.63. The number of nitrogens with one attached hydrogen (secondary N) is 1. The van der Waals surface area contributed by atoms with Gasteiger partial charge in [-0.3, -0.25) is 9.59 Å². The largest absolute Gasteiger partial charge is 0.368 e. The summed E-state index contributed by atoms with van der Waals surface area (Å²) in [4.78, 5) is 24.5. The molecule has 0 bridgehead atoms. The van der Waals surface area contributed by atoms with Crippen LogP contribution in [0.5, 0.6) is 0 Å². The predicted octanol–water partition coefficient (Wildman–Crippen LogP) is 4.60. The lowest BCUT2D eigenvalue weighted by Crippen LogP contribution is -2.45. The van der Waals surface area contributed by atoms with E-state index in [9.17, 15) is 9.59 Å². The first-order chi connectivity index (χ1) is 13.4. The normalized spacial score (nSPS) is 11.6. The van der Waals surface area contributed by atoms with Crippen LogP contribution in [-0.4, -0.2) is 17.9 Å². The molecule has 0 aliphatic rings. The minimum atomic E-state index is -0.851. The second-order valence-corrected chi connectivity index (χ2v) is 7.60. The fourth-order valence-electron chi connectivity index (χ4n) is 2.83. The quantitative estimate of drug-likeness (QED) is 0.568. The molecule has 0 spiro atoms. The molecule has 3 N–H and O–H groups in total. The highest BCUT2D eigenvalue weighted by Crippen LogP contribution is 2.23. The Morgan fingerprint density at radius 1 is 0.964 bits per heavy atom. The van der Waals surface area contributed by atoms with Crippen LogP contribution in [0.15, 0.2) is 77.3 Å². The summed E-state index contributed by atoms with van der Waals surface area (Å²) in [7, 11) is 0. The summed E-state index contributed by atoms with van der Waals surface area (Å²) in [5.41, 5.74) is 8.81. The van der Waals surface area contributed by atoms with Gasteiger partial charge in [-0.25, -0.2) is 0 Å². The summed E-state index contributed by atoms with van der Waals surface area (Å²) in [6.07, 6.45) is 0.240. The molecule has 0 aliphatic heterocycles. The third kappa shape index (κ3) is 5.00. The Labute approximate surface area is 176 Å². The van der Waals surface area contributed by atoms with Gasteiger partial charge in [-0.15, -0.1) is 0 Å². The minimum absolute atomic E-state index is 0.240. The van der Waals surface area contributed by atoms with Crippen molar-refractivity contribution in [1.29, 1.82) is 0 Å². The van der Waals surface area contributed by atoms with Crippen molar-refractivity contribution in [3.05, 3.63) is 93.4 Å². The Morgan fingerprint density at radius 2 is 1.61 bits per heavy atom. The monoisotopic (exact) mass is 456 g/mol. The van der Waals surface area contributed by atoms with E-state index < -0.39 is 11.9 Å². The van der Waals surface area contributed by atoms with Crippen molar-refractivity contribution in [2.24, 2.45) is 5.73 Å². The van der Waals surface area contributed by atoms with E-state index in [4.69, 9.17) is 17.3 Å². The molecule has 4 nitrogen and oxygen atoms in total. The Morgan fingerprint density at radius 3 is 2.25 bits per heavy atom. The van der Waals surface area contributed by atoms with Gasteiger partial charge < -0.3 is 11.1 Å². The molecule has 3 rings (SSSR count). The van der Waals surface area contributed by atoms with Gasteiger partial charge in [0.1, 0.15) is 6.04 Å². The molecule has 0 aliphatic carbocycles. The van der Waals surface area contributed by atoms with Gasteiger partial charge in [-0.1, -0.05) is 70.0 Å². The average molecular weight is 458 g/mol. The third-order valence-corrected chi connectivity index (χ3v) is 5.34. The molecule has 6 heteroatoms. The molecule has 0 saturated carbocycles. The molecule has 142 valence electrons. The van der Waals surface area contributed by atoms with Crippen molar-refractivity contribution in [2.45, 2.75) is 12.5 Å². The van der Waals surface area contributed by atoms with Crippen LogP contribution in [-0.2, 0) is 11.2 Å². The molecular formula is C22H18BrClN2O2. The molecular weight excluding hydrogens is 440 g/mol. The van der Waals surface area contributed by atoms with Crippen molar-refractivity contribution in [2.75, 3.05) is 0 Å². The maximum absolute atomic E-state index is 12.6. The van der Waals surface area contributed by atoms with Gasteiger partial charge in [-0.05, 0) is 47.0 Å². The average Bonchev–Trinajstić information content (AvgIpc) is 2.70. The van der Waals surface area contributed by atoms with Gasteiger partial charge in [0.15, 0.2) is 0 Å². The number of carbonyl (C=O) groups is 2. The predicted molar refractivity (Wildman–Crippen MR) is 115 cm³/mol. The molecule has 0 unspecified atom stereocenters. The van der Waals surface area contributed by atoms with Crippen LogP contribution in [0.2, 0.25) is 5.02 Å². The van der Waals surface area contributed by atoms with Gasteiger partial charge >= 0.3 is 0 Å². The highest BCUT2D eigenvalue weighted by Gasteiger charge is 2.20. The zero-order valence-corrected chi connectivity index (χ0v) is 17.2. The van der Waals surface area contributed by atoms with E-state index in [1.807, 2.05) is 42.5 Å². The van der Waals surface area contributed by atoms with Crippen LogP contribution >= 0.6 is 27.5 Å². The molecule has 3 aromatic carbocycles. The zero-order chi connectivity index (χ0) is 20.1. The molecule has 0 aromatic heterocycles. The number of hydrogen-bond acceptors (Lipinski definition) is 2. The topological polar surface area (TPSA) is 72.2 Å². The maximum Gasteiger partial charge on any atom is 0.251 e. The number of nitrogens with two attached hydrogens (primary N) is 1. The first-order valence-corrected chi connectivity index (χ1v) is 9.81.